The third-order valence-corrected chi connectivity index (χ3v) is 16.9. The Morgan fingerprint density at radius 3 is 2.08 bits per heavy atom. The van der Waals surface area contributed by atoms with Crippen LogP contribution in [0.5, 0.6) is 0 Å². The first-order valence-electron chi connectivity index (χ1n) is 20.6. The minimum Gasteiger partial charge on any atom is -0.394 e. The average molecular weight is 739 g/mol. The van der Waals surface area contributed by atoms with Crippen LogP contribution in [-0.4, -0.2) is 129 Å². The molecule has 0 aromatic heterocycles. The van der Waals surface area contributed by atoms with Gasteiger partial charge in [0, 0.05) is 6.61 Å². The zero-order valence-electron chi connectivity index (χ0n) is 31.5. The first-order valence-corrected chi connectivity index (χ1v) is 20.6. The van der Waals surface area contributed by atoms with Gasteiger partial charge in [-0.15, -0.1) is 0 Å². The molecule has 3 saturated heterocycles. The molecule has 0 amide bonds. The summed E-state index contributed by atoms with van der Waals surface area (Å²) < 4.78 is 30.3. The van der Waals surface area contributed by atoms with E-state index in [4.69, 9.17) is 23.7 Å². The van der Waals surface area contributed by atoms with E-state index in [1.54, 1.807) is 0 Å². The molecular formula is C40H66O12. The van der Waals surface area contributed by atoms with E-state index < -0.39 is 74.6 Å². The Labute approximate surface area is 308 Å². The van der Waals surface area contributed by atoms with Crippen molar-refractivity contribution in [1.82, 2.24) is 0 Å². The smallest absolute Gasteiger partial charge is 0.187 e. The summed E-state index contributed by atoms with van der Waals surface area (Å²) in [6.07, 6.45) is -1.70. The fraction of sp³-hybridized carbons (Fsp3) is 1.00. The first kappa shape index (κ1) is 38.4. The monoisotopic (exact) mass is 738 g/mol. The van der Waals surface area contributed by atoms with Gasteiger partial charge < -0.3 is 59.4 Å². The van der Waals surface area contributed by atoms with E-state index in [-0.39, 0.29) is 17.1 Å². The predicted molar refractivity (Wildman–Crippen MR) is 186 cm³/mol. The molecule has 5 saturated carbocycles. The molecule has 0 aromatic rings. The lowest BCUT2D eigenvalue weighted by Crippen LogP contribution is -2.65. The molecule has 0 bridgehead atoms. The molecule has 12 nitrogen and oxygen atoms in total. The molecule has 12 heteroatoms. The lowest BCUT2D eigenvalue weighted by molar-refractivity contribution is -0.364. The Hall–Kier alpha value is -0.480. The van der Waals surface area contributed by atoms with Crippen LogP contribution in [0.3, 0.4) is 0 Å². The van der Waals surface area contributed by atoms with Crippen molar-refractivity contribution in [3.63, 3.8) is 0 Å². The zero-order valence-corrected chi connectivity index (χ0v) is 31.5. The number of ether oxygens (including phenoxy) is 5. The summed E-state index contributed by atoms with van der Waals surface area (Å²) in [7, 11) is 0. The molecule has 7 N–H and O–H groups in total. The van der Waals surface area contributed by atoms with Crippen LogP contribution in [-0.2, 0) is 23.7 Å². The zero-order chi connectivity index (χ0) is 36.9. The molecule has 0 radical (unpaired) electrons. The molecule has 0 aromatic carbocycles. The maximum absolute atomic E-state index is 11.2. The second-order valence-corrected chi connectivity index (χ2v) is 19.3. The van der Waals surface area contributed by atoms with Crippen molar-refractivity contribution in [2.45, 2.75) is 171 Å². The summed E-state index contributed by atoms with van der Waals surface area (Å²) in [5.74, 6) is 5.62. The Bertz CT molecular complexity index is 1260. The standard InChI is InChI=1S/C40H66O12/c1-19-7-12-40(48-18-19)15-21-13-26-24-6-5-22-14-23(8-10-38(22,3)25(24)9-11-39(26,4)29(21)20(40)2)49-36-34(47)32(45)35(28(17-42)51-36)52-37-33(46)31(44)30(43)27(16-41)50-37/h19-37,41-47H,5-18H2,1-4H3/t19-,20+,21-,22+,23+,24-,25+,26+,27-,28-,29+,30-,31+,32-,33-,34-,35-,36-,37+,38+,39+,40-/m1/s1. The van der Waals surface area contributed by atoms with Crippen molar-refractivity contribution in [1.29, 1.82) is 0 Å². The van der Waals surface area contributed by atoms with E-state index >= 15 is 0 Å². The van der Waals surface area contributed by atoms with Crippen LogP contribution in [0.15, 0.2) is 0 Å². The highest BCUT2D eigenvalue weighted by atomic mass is 16.7. The van der Waals surface area contributed by atoms with E-state index in [0.717, 1.165) is 49.5 Å². The van der Waals surface area contributed by atoms with Gasteiger partial charge in [0.1, 0.15) is 48.8 Å². The minimum atomic E-state index is -1.70. The van der Waals surface area contributed by atoms with Gasteiger partial charge in [-0.2, -0.15) is 0 Å². The fourth-order valence-corrected chi connectivity index (χ4v) is 14.0. The molecule has 8 fully saturated rings. The van der Waals surface area contributed by atoms with Crippen LogP contribution in [0.1, 0.15) is 98.3 Å². The second kappa shape index (κ2) is 14.2. The summed E-state index contributed by atoms with van der Waals surface area (Å²) in [5, 5.41) is 72.8. The van der Waals surface area contributed by atoms with E-state index in [2.05, 4.69) is 27.7 Å². The van der Waals surface area contributed by atoms with Crippen molar-refractivity contribution in [3.8, 4) is 0 Å². The number of rotatable bonds is 6. The topological polar surface area (TPSA) is 188 Å². The average Bonchev–Trinajstić information content (AvgIpc) is 3.58. The summed E-state index contributed by atoms with van der Waals surface area (Å²) in [6.45, 7) is 9.76. The number of aliphatic hydroxyl groups is 7. The molecule has 3 heterocycles. The molecule has 52 heavy (non-hydrogen) atoms. The van der Waals surface area contributed by atoms with Crippen molar-refractivity contribution in [2.24, 2.45) is 58.2 Å². The van der Waals surface area contributed by atoms with Crippen LogP contribution < -0.4 is 0 Å². The van der Waals surface area contributed by atoms with Crippen molar-refractivity contribution in [3.05, 3.63) is 0 Å². The molecular weight excluding hydrogens is 672 g/mol. The number of hydrogen-bond donors (Lipinski definition) is 7. The Kier molecular flexibility index (Phi) is 10.5. The summed E-state index contributed by atoms with van der Waals surface area (Å²) >= 11 is 0. The van der Waals surface area contributed by atoms with E-state index in [9.17, 15) is 35.7 Å². The quantitative estimate of drug-likeness (QED) is 0.197. The molecule has 8 aliphatic rings. The molecule has 22 atom stereocenters. The third kappa shape index (κ3) is 5.99. The normalized spacial score (nSPS) is 59.0. The van der Waals surface area contributed by atoms with Crippen molar-refractivity contribution in [2.75, 3.05) is 19.8 Å². The largest absolute Gasteiger partial charge is 0.394 e. The van der Waals surface area contributed by atoms with Gasteiger partial charge in [-0.1, -0.05) is 27.7 Å². The molecule has 8 rings (SSSR count). The van der Waals surface area contributed by atoms with Crippen molar-refractivity contribution >= 4 is 0 Å². The molecule has 1 spiro atoms. The maximum Gasteiger partial charge on any atom is 0.187 e. The molecule has 0 unspecified atom stereocenters. The number of hydrogen-bond acceptors (Lipinski definition) is 12. The first-order chi connectivity index (χ1) is 24.7. The Morgan fingerprint density at radius 2 is 1.37 bits per heavy atom. The van der Waals surface area contributed by atoms with Gasteiger partial charge in [-0.25, -0.2) is 0 Å². The van der Waals surface area contributed by atoms with Gasteiger partial charge in [0.05, 0.1) is 24.9 Å². The van der Waals surface area contributed by atoms with Crippen molar-refractivity contribution < 1.29 is 59.4 Å². The van der Waals surface area contributed by atoms with Crippen LogP contribution in [0.2, 0.25) is 0 Å². The highest BCUT2D eigenvalue weighted by Gasteiger charge is 2.68. The van der Waals surface area contributed by atoms with Gasteiger partial charge in [-0.3, -0.25) is 0 Å². The minimum absolute atomic E-state index is 0.107. The van der Waals surface area contributed by atoms with Crippen LogP contribution >= 0.6 is 0 Å². The Balaban J connectivity index is 0.892. The highest BCUT2D eigenvalue weighted by Crippen LogP contribution is 2.73. The van der Waals surface area contributed by atoms with E-state index in [0.29, 0.717) is 29.1 Å². The van der Waals surface area contributed by atoms with Crippen LogP contribution in [0.4, 0.5) is 0 Å². The highest BCUT2D eigenvalue weighted by molar-refractivity contribution is 5.17. The van der Waals surface area contributed by atoms with E-state index in [1.165, 1.54) is 51.4 Å². The van der Waals surface area contributed by atoms with Gasteiger partial charge in [0.15, 0.2) is 12.6 Å². The lowest BCUT2D eigenvalue weighted by atomic mass is 9.44. The van der Waals surface area contributed by atoms with Gasteiger partial charge >= 0.3 is 0 Å². The number of aliphatic hydroxyl groups excluding tert-OH is 7. The van der Waals surface area contributed by atoms with Crippen LogP contribution in [0, 0.1) is 58.2 Å². The SMILES string of the molecule is C[C@@H]1CC[C@]2(C[C@H]3C[C@H]4[C@@H]5CC[C@H]6C[C@@H](O[C@@H]7O[C@H](CO)[C@@H](O[C@@H]8O[C@H](CO)[C@@H](O)[C@H](O)[C@H]8O)[C@H](O)[C@H]7O)CC[C@]6(C)[C@H]5CC[C@]4(C)[C@H]3[C@@H]2C)OC1. The Morgan fingerprint density at radius 1 is 0.673 bits per heavy atom. The number of fused-ring (bicyclic) bond motifs is 7. The van der Waals surface area contributed by atoms with Crippen LogP contribution in [0.25, 0.3) is 0 Å². The molecule has 298 valence electrons. The second-order valence-electron chi connectivity index (χ2n) is 19.3. The van der Waals surface area contributed by atoms with Gasteiger partial charge in [0.25, 0.3) is 0 Å². The predicted octanol–water partition coefficient (Wildman–Crippen LogP) is 2.11. The van der Waals surface area contributed by atoms with Gasteiger partial charge in [0.2, 0.25) is 0 Å². The van der Waals surface area contributed by atoms with E-state index in [1.807, 2.05) is 0 Å². The lowest BCUT2D eigenvalue weighted by Gasteiger charge is -2.61. The van der Waals surface area contributed by atoms with Gasteiger partial charge in [-0.05, 0) is 129 Å². The summed E-state index contributed by atoms with van der Waals surface area (Å²) in [4.78, 5) is 0. The summed E-state index contributed by atoms with van der Waals surface area (Å²) in [6, 6.07) is 0. The summed E-state index contributed by atoms with van der Waals surface area (Å²) in [5.41, 5.74) is 0.740. The molecule has 3 aliphatic heterocycles. The molecule has 5 aliphatic carbocycles. The third-order valence-electron chi connectivity index (χ3n) is 16.9. The fourth-order valence-electron chi connectivity index (χ4n) is 14.0. The maximum atomic E-state index is 11.2.